The molecule has 2 N–H and O–H groups in total. The second kappa shape index (κ2) is 6.50. The molecule has 1 rings (SSSR count). The van der Waals surface area contributed by atoms with Gasteiger partial charge in [-0.15, -0.1) is 11.6 Å². The summed E-state index contributed by atoms with van der Waals surface area (Å²) in [4.78, 5) is 12.0. The fraction of sp³-hybridized carbons (Fsp3) is 0.462. The fourth-order valence-electron chi connectivity index (χ4n) is 1.45. The highest BCUT2D eigenvalue weighted by atomic mass is 35.5. The Morgan fingerprint density at radius 2 is 2.17 bits per heavy atom. The van der Waals surface area contributed by atoms with Crippen LogP contribution in [0, 0.1) is 5.92 Å². The molecule has 0 aliphatic rings. The van der Waals surface area contributed by atoms with Gasteiger partial charge >= 0.3 is 0 Å². The van der Waals surface area contributed by atoms with E-state index < -0.39 is 0 Å². The highest BCUT2D eigenvalue weighted by Gasteiger charge is 2.18. The molecule has 0 spiro atoms. The lowest BCUT2D eigenvalue weighted by Gasteiger charge is -2.20. The van der Waals surface area contributed by atoms with Crippen molar-refractivity contribution in [3.8, 4) is 11.5 Å². The van der Waals surface area contributed by atoms with Gasteiger partial charge in [-0.25, -0.2) is 0 Å². The van der Waals surface area contributed by atoms with Gasteiger partial charge in [-0.2, -0.15) is 0 Å². The second-order valence-corrected chi connectivity index (χ2v) is 4.67. The lowest BCUT2D eigenvalue weighted by Crippen LogP contribution is -2.39. The number of benzene rings is 1. The van der Waals surface area contributed by atoms with Crippen molar-refractivity contribution in [2.24, 2.45) is 5.92 Å². The van der Waals surface area contributed by atoms with Gasteiger partial charge in [-0.1, -0.05) is 13.8 Å². The number of halogens is 1. The zero-order valence-corrected chi connectivity index (χ0v) is 11.5. The Bertz CT molecular complexity index is 421. The standard InChI is InChI=1S/C13H18ClNO3/c1-8(2)11(7-14)15-13(17)10-6-9(18-3)4-5-12(10)16/h4-6,8,11,16H,7H2,1-3H3,(H,15,17). The summed E-state index contributed by atoms with van der Waals surface area (Å²) in [6.45, 7) is 3.94. The van der Waals surface area contributed by atoms with Gasteiger partial charge in [-0.3, -0.25) is 4.79 Å². The Morgan fingerprint density at radius 1 is 1.50 bits per heavy atom. The van der Waals surface area contributed by atoms with Gasteiger partial charge in [0.15, 0.2) is 0 Å². The quantitative estimate of drug-likeness (QED) is 0.809. The minimum Gasteiger partial charge on any atom is -0.507 e. The molecule has 0 saturated heterocycles. The van der Waals surface area contributed by atoms with Crippen molar-refractivity contribution in [1.29, 1.82) is 0 Å². The molecule has 4 nitrogen and oxygen atoms in total. The second-order valence-electron chi connectivity index (χ2n) is 4.36. The van der Waals surface area contributed by atoms with Gasteiger partial charge in [0.25, 0.3) is 5.91 Å². The topological polar surface area (TPSA) is 58.6 Å². The monoisotopic (exact) mass is 271 g/mol. The number of hydrogen-bond donors (Lipinski definition) is 2. The van der Waals surface area contributed by atoms with E-state index in [-0.39, 0.29) is 29.2 Å². The van der Waals surface area contributed by atoms with Crippen LogP contribution in [0.25, 0.3) is 0 Å². The average Bonchev–Trinajstić information content (AvgIpc) is 2.35. The number of nitrogens with one attached hydrogen (secondary N) is 1. The molecular weight excluding hydrogens is 254 g/mol. The van der Waals surface area contributed by atoms with Gasteiger partial charge in [0, 0.05) is 11.9 Å². The largest absolute Gasteiger partial charge is 0.507 e. The predicted octanol–water partition coefficient (Wildman–Crippen LogP) is 2.39. The van der Waals surface area contributed by atoms with Crippen molar-refractivity contribution >= 4 is 17.5 Å². The number of methoxy groups -OCH3 is 1. The smallest absolute Gasteiger partial charge is 0.255 e. The van der Waals surface area contributed by atoms with Crippen molar-refractivity contribution in [3.05, 3.63) is 23.8 Å². The average molecular weight is 272 g/mol. The zero-order chi connectivity index (χ0) is 13.7. The van der Waals surface area contributed by atoms with Crippen LogP contribution in [0.4, 0.5) is 0 Å². The zero-order valence-electron chi connectivity index (χ0n) is 10.7. The van der Waals surface area contributed by atoms with Gasteiger partial charge in [-0.05, 0) is 24.1 Å². The van der Waals surface area contributed by atoms with E-state index in [1.54, 1.807) is 6.07 Å². The molecule has 1 aromatic rings. The van der Waals surface area contributed by atoms with E-state index in [1.165, 1.54) is 19.2 Å². The lowest BCUT2D eigenvalue weighted by atomic mass is 10.1. The van der Waals surface area contributed by atoms with Crippen molar-refractivity contribution in [2.75, 3.05) is 13.0 Å². The first-order valence-electron chi connectivity index (χ1n) is 5.73. The van der Waals surface area contributed by atoms with Crippen LogP contribution >= 0.6 is 11.6 Å². The Hall–Kier alpha value is -1.42. The summed E-state index contributed by atoms with van der Waals surface area (Å²) in [5, 5.41) is 12.5. The van der Waals surface area contributed by atoms with Crippen LogP contribution in [0.2, 0.25) is 0 Å². The first-order chi connectivity index (χ1) is 8.49. The summed E-state index contributed by atoms with van der Waals surface area (Å²) in [5.74, 6) is 0.633. The molecule has 100 valence electrons. The summed E-state index contributed by atoms with van der Waals surface area (Å²) in [6, 6.07) is 4.38. The van der Waals surface area contributed by atoms with Crippen LogP contribution in [0.3, 0.4) is 0 Å². The maximum Gasteiger partial charge on any atom is 0.255 e. The number of alkyl halides is 1. The first-order valence-corrected chi connectivity index (χ1v) is 6.26. The van der Waals surface area contributed by atoms with Crippen molar-refractivity contribution in [1.82, 2.24) is 5.32 Å². The number of carbonyl (C=O) groups is 1. The molecule has 1 unspecified atom stereocenters. The van der Waals surface area contributed by atoms with E-state index in [1.807, 2.05) is 13.8 Å². The van der Waals surface area contributed by atoms with Crippen LogP contribution in [-0.2, 0) is 0 Å². The minimum atomic E-state index is -0.356. The van der Waals surface area contributed by atoms with E-state index in [2.05, 4.69) is 5.32 Å². The third kappa shape index (κ3) is 3.53. The molecule has 1 aromatic carbocycles. The Labute approximate surface area is 112 Å². The molecule has 0 aromatic heterocycles. The fourth-order valence-corrected chi connectivity index (χ4v) is 1.89. The van der Waals surface area contributed by atoms with Crippen LogP contribution in [0.1, 0.15) is 24.2 Å². The number of aromatic hydroxyl groups is 1. The third-order valence-electron chi connectivity index (χ3n) is 2.74. The highest BCUT2D eigenvalue weighted by molar-refractivity contribution is 6.18. The summed E-state index contributed by atoms with van der Waals surface area (Å²) < 4.78 is 5.02. The van der Waals surface area contributed by atoms with Gasteiger partial charge in [0.2, 0.25) is 0 Å². The van der Waals surface area contributed by atoms with Gasteiger partial charge in [0.05, 0.1) is 12.7 Å². The van der Waals surface area contributed by atoms with Crippen molar-refractivity contribution in [3.63, 3.8) is 0 Å². The number of amides is 1. The van der Waals surface area contributed by atoms with E-state index in [4.69, 9.17) is 16.3 Å². The molecule has 0 radical (unpaired) electrons. The number of phenolic OH excluding ortho intramolecular Hbond substituents is 1. The summed E-state index contributed by atoms with van der Waals surface area (Å²) in [7, 11) is 1.50. The molecule has 1 atom stereocenters. The molecule has 18 heavy (non-hydrogen) atoms. The lowest BCUT2D eigenvalue weighted by molar-refractivity contribution is 0.0928. The molecule has 5 heteroatoms. The molecule has 0 saturated carbocycles. The SMILES string of the molecule is COc1ccc(O)c(C(=O)NC(CCl)C(C)C)c1. The number of hydrogen-bond acceptors (Lipinski definition) is 3. The molecule has 0 aliphatic carbocycles. The third-order valence-corrected chi connectivity index (χ3v) is 3.07. The van der Waals surface area contributed by atoms with Crippen molar-refractivity contribution < 1.29 is 14.6 Å². The molecular formula is C13H18ClNO3. The maximum atomic E-state index is 12.0. The van der Waals surface area contributed by atoms with E-state index in [0.717, 1.165) is 0 Å². The first kappa shape index (κ1) is 14.6. The number of carbonyl (C=O) groups excluding carboxylic acids is 1. The molecule has 0 bridgehead atoms. The molecule has 0 fully saturated rings. The van der Waals surface area contributed by atoms with E-state index in [0.29, 0.717) is 11.6 Å². The number of rotatable bonds is 5. The molecule has 0 aliphatic heterocycles. The number of phenols is 1. The Morgan fingerprint density at radius 3 is 2.67 bits per heavy atom. The normalized spacial score (nSPS) is 12.3. The predicted molar refractivity (Wildman–Crippen MR) is 71.5 cm³/mol. The van der Waals surface area contributed by atoms with Crippen LogP contribution in [0.15, 0.2) is 18.2 Å². The maximum absolute atomic E-state index is 12.0. The van der Waals surface area contributed by atoms with Crippen LogP contribution in [-0.4, -0.2) is 30.0 Å². The minimum absolute atomic E-state index is 0.0784. The molecule has 1 amide bonds. The van der Waals surface area contributed by atoms with Gasteiger partial charge < -0.3 is 15.2 Å². The molecule has 0 heterocycles. The van der Waals surface area contributed by atoms with Crippen LogP contribution < -0.4 is 10.1 Å². The van der Waals surface area contributed by atoms with Crippen molar-refractivity contribution in [2.45, 2.75) is 19.9 Å². The summed E-state index contributed by atoms with van der Waals surface area (Å²) in [5.41, 5.74) is 0.185. The summed E-state index contributed by atoms with van der Waals surface area (Å²) >= 11 is 5.79. The summed E-state index contributed by atoms with van der Waals surface area (Å²) in [6.07, 6.45) is 0. The van der Waals surface area contributed by atoms with E-state index in [9.17, 15) is 9.90 Å². The van der Waals surface area contributed by atoms with Gasteiger partial charge in [0.1, 0.15) is 11.5 Å². The Kier molecular flexibility index (Phi) is 5.28. The number of ether oxygens (including phenoxy) is 1. The van der Waals surface area contributed by atoms with Crippen LogP contribution in [0.5, 0.6) is 11.5 Å². The highest BCUT2D eigenvalue weighted by Crippen LogP contribution is 2.23. The Balaban J connectivity index is 2.89. The van der Waals surface area contributed by atoms with E-state index >= 15 is 0 Å².